The van der Waals surface area contributed by atoms with Gasteiger partial charge in [0.25, 0.3) is 0 Å². The standard InChI is InChI=1S/C21H34F2N4O3/c1-5-10-29-17-7-6-16(18(13-17)30-19(22)23)14-25-20(24-2)26-15-21(27(3)4)8-11-28-12-9-21/h6-7,13,19H,5,8-12,14-15H2,1-4H3,(H2,24,25,26). The number of hydrogen-bond donors (Lipinski definition) is 2. The minimum atomic E-state index is -2.91. The predicted molar refractivity (Wildman–Crippen MR) is 114 cm³/mol. The lowest BCUT2D eigenvalue weighted by Gasteiger charge is -2.43. The maximum absolute atomic E-state index is 12.9. The normalized spacial score (nSPS) is 16.6. The van der Waals surface area contributed by atoms with Crippen molar-refractivity contribution in [2.75, 3.05) is 47.5 Å². The van der Waals surface area contributed by atoms with E-state index in [1.165, 1.54) is 6.07 Å². The van der Waals surface area contributed by atoms with Crippen molar-refractivity contribution in [2.24, 2.45) is 4.99 Å². The monoisotopic (exact) mass is 428 g/mol. The molecule has 0 spiro atoms. The Kier molecular flexibility index (Phi) is 9.58. The van der Waals surface area contributed by atoms with E-state index in [1.54, 1.807) is 19.2 Å². The van der Waals surface area contributed by atoms with Crippen molar-refractivity contribution in [1.82, 2.24) is 15.5 Å². The van der Waals surface area contributed by atoms with Gasteiger partial charge in [-0.1, -0.05) is 6.92 Å². The molecule has 30 heavy (non-hydrogen) atoms. The lowest BCUT2D eigenvalue weighted by Crippen LogP contribution is -2.57. The van der Waals surface area contributed by atoms with E-state index in [0.717, 1.165) is 32.5 Å². The van der Waals surface area contributed by atoms with Crippen molar-refractivity contribution in [3.05, 3.63) is 23.8 Å². The summed E-state index contributed by atoms with van der Waals surface area (Å²) in [5.41, 5.74) is 0.577. The minimum absolute atomic E-state index is 0.0158. The van der Waals surface area contributed by atoms with Gasteiger partial charge >= 0.3 is 6.61 Å². The fourth-order valence-corrected chi connectivity index (χ4v) is 3.38. The summed E-state index contributed by atoms with van der Waals surface area (Å²) in [4.78, 5) is 6.48. The molecule has 1 aromatic carbocycles. The van der Waals surface area contributed by atoms with E-state index in [2.05, 4.69) is 34.6 Å². The van der Waals surface area contributed by atoms with E-state index in [4.69, 9.17) is 14.2 Å². The molecule has 1 aromatic rings. The lowest BCUT2D eigenvalue weighted by molar-refractivity contribution is -0.0505. The summed E-state index contributed by atoms with van der Waals surface area (Å²) in [7, 11) is 5.82. The molecule has 7 nitrogen and oxygen atoms in total. The lowest BCUT2D eigenvalue weighted by atomic mass is 9.88. The molecular formula is C21H34F2N4O3. The van der Waals surface area contributed by atoms with Crippen LogP contribution in [0.2, 0.25) is 0 Å². The van der Waals surface area contributed by atoms with Gasteiger partial charge in [-0.2, -0.15) is 8.78 Å². The highest BCUT2D eigenvalue weighted by atomic mass is 19.3. The third-order valence-electron chi connectivity index (χ3n) is 5.35. The van der Waals surface area contributed by atoms with Crippen molar-refractivity contribution in [3.8, 4) is 11.5 Å². The molecule has 1 heterocycles. The van der Waals surface area contributed by atoms with E-state index in [-0.39, 0.29) is 17.8 Å². The van der Waals surface area contributed by atoms with Gasteiger partial charge in [0.1, 0.15) is 11.5 Å². The molecule has 0 unspecified atom stereocenters. The first kappa shape index (κ1) is 24.1. The Bertz CT molecular complexity index is 680. The summed E-state index contributed by atoms with van der Waals surface area (Å²) >= 11 is 0. The highest BCUT2D eigenvalue weighted by Crippen LogP contribution is 2.27. The van der Waals surface area contributed by atoms with Crippen molar-refractivity contribution >= 4 is 5.96 Å². The fraction of sp³-hybridized carbons (Fsp3) is 0.667. The van der Waals surface area contributed by atoms with Crippen LogP contribution in [0.4, 0.5) is 8.78 Å². The molecule has 1 aliphatic rings. The number of likely N-dealkylation sites (N-methyl/N-ethyl adjacent to an activating group) is 1. The number of nitrogens with one attached hydrogen (secondary N) is 2. The van der Waals surface area contributed by atoms with Crippen LogP contribution in [0, 0.1) is 0 Å². The van der Waals surface area contributed by atoms with Gasteiger partial charge in [0, 0.05) is 50.5 Å². The molecule has 0 radical (unpaired) electrons. The molecule has 2 rings (SSSR count). The first-order chi connectivity index (χ1) is 14.4. The Labute approximate surface area is 177 Å². The molecule has 0 aromatic heterocycles. The molecule has 1 saturated heterocycles. The van der Waals surface area contributed by atoms with Gasteiger partial charge in [-0.25, -0.2) is 0 Å². The Morgan fingerprint density at radius 1 is 1.27 bits per heavy atom. The molecule has 170 valence electrons. The smallest absolute Gasteiger partial charge is 0.387 e. The van der Waals surface area contributed by atoms with Crippen molar-refractivity contribution in [2.45, 2.75) is 44.9 Å². The fourth-order valence-electron chi connectivity index (χ4n) is 3.38. The van der Waals surface area contributed by atoms with Crippen LogP contribution in [0.3, 0.4) is 0 Å². The quantitative estimate of drug-likeness (QED) is 0.441. The van der Waals surface area contributed by atoms with Gasteiger partial charge in [0.05, 0.1) is 6.61 Å². The van der Waals surface area contributed by atoms with E-state index < -0.39 is 6.61 Å². The van der Waals surface area contributed by atoms with Crippen LogP contribution in [0.25, 0.3) is 0 Å². The Balaban J connectivity index is 2.01. The van der Waals surface area contributed by atoms with Gasteiger partial charge in [0.15, 0.2) is 5.96 Å². The average Bonchev–Trinajstić information content (AvgIpc) is 2.73. The topological polar surface area (TPSA) is 67.4 Å². The highest BCUT2D eigenvalue weighted by molar-refractivity contribution is 5.79. The minimum Gasteiger partial charge on any atom is -0.493 e. The number of rotatable bonds is 10. The Morgan fingerprint density at radius 3 is 2.60 bits per heavy atom. The zero-order valence-electron chi connectivity index (χ0n) is 18.3. The van der Waals surface area contributed by atoms with Crippen LogP contribution >= 0.6 is 0 Å². The second-order valence-electron chi connectivity index (χ2n) is 7.51. The number of aliphatic imine (C=N–C) groups is 1. The maximum Gasteiger partial charge on any atom is 0.387 e. The predicted octanol–water partition coefficient (Wildman–Crippen LogP) is 2.85. The third kappa shape index (κ3) is 6.98. The van der Waals surface area contributed by atoms with Gasteiger partial charge in [0.2, 0.25) is 0 Å². The van der Waals surface area contributed by atoms with Gasteiger partial charge in [-0.15, -0.1) is 0 Å². The van der Waals surface area contributed by atoms with E-state index in [9.17, 15) is 8.78 Å². The summed E-state index contributed by atoms with van der Waals surface area (Å²) in [5.74, 6) is 1.19. The van der Waals surface area contributed by atoms with Crippen LogP contribution in [-0.2, 0) is 11.3 Å². The Morgan fingerprint density at radius 2 is 2.00 bits per heavy atom. The third-order valence-corrected chi connectivity index (χ3v) is 5.35. The van der Waals surface area contributed by atoms with Gasteiger partial charge in [-0.05, 0) is 45.5 Å². The SMILES string of the molecule is CCCOc1ccc(CNC(=NC)NCC2(N(C)C)CCOCC2)c(OC(F)F)c1. The molecule has 9 heteroatoms. The second-order valence-corrected chi connectivity index (χ2v) is 7.51. The van der Waals surface area contributed by atoms with Crippen molar-refractivity contribution in [1.29, 1.82) is 0 Å². The van der Waals surface area contributed by atoms with E-state index >= 15 is 0 Å². The number of benzene rings is 1. The molecule has 2 N–H and O–H groups in total. The Hall–Kier alpha value is -2.13. The summed E-state index contributed by atoms with van der Waals surface area (Å²) < 4.78 is 41.4. The molecular weight excluding hydrogens is 394 g/mol. The second kappa shape index (κ2) is 11.9. The largest absolute Gasteiger partial charge is 0.493 e. The maximum atomic E-state index is 12.9. The van der Waals surface area contributed by atoms with Crippen LogP contribution in [0.1, 0.15) is 31.7 Å². The number of nitrogens with zero attached hydrogens (tertiary/aromatic N) is 2. The molecule has 0 amide bonds. The summed E-state index contributed by atoms with van der Waals surface area (Å²) in [5, 5.41) is 6.54. The van der Waals surface area contributed by atoms with E-state index in [0.29, 0.717) is 30.4 Å². The van der Waals surface area contributed by atoms with Crippen LogP contribution < -0.4 is 20.1 Å². The zero-order chi connectivity index (χ0) is 22.0. The summed E-state index contributed by atoms with van der Waals surface area (Å²) in [6, 6.07) is 4.98. The average molecular weight is 429 g/mol. The van der Waals surface area contributed by atoms with Crippen LogP contribution in [-0.4, -0.2) is 70.5 Å². The number of ether oxygens (including phenoxy) is 3. The number of halogens is 2. The summed E-state index contributed by atoms with van der Waals surface area (Å²) in [6.07, 6.45) is 2.68. The van der Waals surface area contributed by atoms with Crippen LogP contribution in [0.15, 0.2) is 23.2 Å². The van der Waals surface area contributed by atoms with Gasteiger partial charge in [-0.3, -0.25) is 4.99 Å². The number of alkyl halides is 2. The molecule has 0 bridgehead atoms. The van der Waals surface area contributed by atoms with E-state index in [1.807, 2.05) is 6.92 Å². The molecule has 1 fully saturated rings. The van der Waals surface area contributed by atoms with Crippen LogP contribution in [0.5, 0.6) is 11.5 Å². The molecule has 0 atom stereocenters. The summed E-state index contributed by atoms with van der Waals surface area (Å²) in [6.45, 7) is 2.03. The van der Waals surface area contributed by atoms with Crippen molar-refractivity contribution in [3.63, 3.8) is 0 Å². The highest BCUT2D eigenvalue weighted by Gasteiger charge is 2.34. The van der Waals surface area contributed by atoms with Crippen molar-refractivity contribution < 1.29 is 23.0 Å². The first-order valence-corrected chi connectivity index (χ1v) is 10.3. The van der Waals surface area contributed by atoms with Gasteiger partial charge < -0.3 is 29.7 Å². The molecule has 0 saturated carbocycles. The zero-order valence-corrected chi connectivity index (χ0v) is 18.3. The molecule has 1 aliphatic heterocycles. The number of hydrogen-bond acceptors (Lipinski definition) is 5. The molecule has 0 aliphatic carbocycles. The first-order valence-electron chi connectivity index (χ1n) is 10.3. The number of guanidine groups is 1.